The smallest absolute Gasteiger partial charge is 0.352 e. The third-order valence-corrected chi connectivity index (χ3v) is 2.39. The van der Waals surface area contributed by atoms with E-state index in [1.54, 1.807) is 18.2 Å². The van der Waals surface area contributed by atoms with Crippen LogP contribution in [0.15, 0.2) is 18.2 Å². The Hall–Kier alpha value is -1.97. The molecule has 0 fully saturated rings. The van der Waals surface area contributed by atoms with Crippen molar-refractivity contribution in [3.8, 4) is 0 Å². The molecule has 1 radical (unpaired) electrons. The first-order chi connectivity index (χ1) is 7.13. The van der Waals surface area contributed by atoms with E-state index in [9.17, 15) is 4.79 Å². The summed E-state index contributed by atoms with van der Waals surface area (Å²) in [6, 6.07) is 5.27. The van der Waals surface area contributed by atoms with E-state index in [-0.39, 0.29) is 5.69 Å². The first-order valence-corrected chi connectivity index (χ1v) is 4.56. The molecule has 77 valence electrons. The maximum atomic E-state index is 10.9. The Morgan fingerprint density at radius 2 is 2.27 bits per heavy atom. The molecule has 0 aliphatic carbocycles. The van der Waals surface area contributed by atoms with Gasteiger partial charge in [0.25, 0.3) is 0 Å². The molecule has 0 atom stereocenters. The third-order valence-electron chi connectivity index (χ3n) is 2.39. The van der Waals surface area contributed by atoms with Crippen LogP contribution in [-0.4, -0.2) is 16.1 Å². The number of hydrogen-bond donors (Lipinski definition) is 3. The molecule has 0 bridgehead atoms. The minimum atomic E-state index is -0.969. The van der Waals surface area contributed by atoms with Crippen molar-refractivity contribution in [1.29, 1.82) is 0 Å². The highest BCUT2D eigenvalue weighted by Crippen LogP contribution is 2.24. The quantitative estimate of drug-likeness (QED) is 0.651. The van der Waals surface area contributed by atoms with Crippen molar-refractivity contribution in [3.05, 3.63) is 36.4 Å². The van der Waals surface area contributed by atoms with E-state index < -0.39 is 5.97 Å². The minimum absolute atomic E-state index is 0.200. The number of H-pyrrole nitrogens is 1. The van der Waals surface area contributed by atoms with Crippen LogP contribution in [0.5, 0.6) is 0 Å². The molecule has 0 unspecified atom stereocenters. The number of anilines is 1. The molecule has 0 amide bonds. The van der Waals surface area contributed by atoms with Gasteiger partial charge in [-0.3, -0.25) is 0 Å². The maximum absolute atomic E-state index is 10.9. The van der Waals surface area contributed by atoms with Crippen LogP contribution in [0.2, 0.25) is 0 Å². The molecule has 15 heavy (non-hydrogen) atoms. The van der Waals surface area contributed by atoms with Gasteiger partial charge in [-0.25, -0.2) is 4.79 Å². The van der Waals surface area contributed by atoms with Crippen molar-refractivity contribution in [2.24, 2.45) is 0 Å². The van der Waals surface area contributed by atoms with Crippen LogP contribution in [0.3, 0.4) is 0 Å². The lowest BCUT2D eigenvalue weighted by molar-refractivity contribution is 0.0690. The van der Waals surface area contributed by atoms with Crippen molar-refractivity contribution in [3.63, 3.8) is 0 Å². The summed E-state index contributed by atoms with van der Waals surface area (Å²) in [6.07, 6.45) is 0.422. The predicted molar refractivity (Wildman–Crippen MR) is 58.7 cm³/mol. The third kappa shape index (κ3) is 1.44. The molecule has 0 saturated heterocycles. The molecule has 0 aliphatic heterocycles. The Balaban J connectivity index is 2.79. The largest absolute Gasteiger partial charge is 0.477 e. The van der Waals surface area contributed by atoms with Gasteiger partial charge < -0.3 is 15.8 Å². The predicted octanol–water partition coefficient (Wildman–Crippen LogP) is 1.82. The van der Waals surface area contributed by atoms with Crippen LogP contribution >= 0.6 is 0 Å². The maximum Gasteiger partial charge on any atom is 0.352 e. The van der Waals surface area contributed by atoms with Crippen molar-refractivity contribution >= 4 is 22.6 Å². The van der Waals surface area contributed by atoms with Crippen LogP contribution in [0.4, 0.5) is 5.69 Å². The molecule has 4 nitrogen and oxygen atoms in total. The van der Waals surface area contributed by atoms with Crippen LogP contribution in [0, 0.1) is 6.92 Å². The fourth-order valence-corrected chi connectivity index (χ4v) is 1.71. The number of nitrogens with two attached hydrogens (primary N) is 1. The van der Waals surface area contributed by atoms with Gasteiger partial charge in [0.1, 0.15) is 5.69 Å². The monoisotopic (exact) mass is 203 g/mol. The summed E-state index contributed by atoms with van der Waals surface area (Å²) in [5.41, 5.74) is 7.95. The van der Waals surface area contributed by atoms with Crippen LogP contribution in [0.1, 0.15) is 16.1 Å². The lowest BCUT2D eigenvalue weighted by Gasteiger charge is -1.96. The normalized spacial score (nSPS) is 10.7. The summed E-state index contributed by atoms with van der Waals surface area (Å²) in [6.45, 7) is 3.73. The number of aromatic carboxylic acids is 1. The van der Waals surface area contributed by atoms with Crippen molar-refractivity contribution in [1.82, 2.24) is 4.98 Å². The molecule has 2 rings (SSSR count). The topological polar surface area (TPSA) is 79.1 Å². The summed E-state index contributed by atoms with van der Waals surface area (Å²) in [7, 11) is 0. The summed E-state index contributed by atoms with van der Waals surface area (Å²) in [4.78, 5) is 13.8. The number of carbonyl (C=O) groups is 1. The first kappa shape index (κ1) is 9.58. The van der Waals surface area contributed by atoms with Crippen LogP contribution < -0.4 is 5.73 Å². The van der Waals surface area contributed by atoms with Gasteiger partial charge in [-0.2, -0.15) is 0 Å². The van der Waals surface area contributed by atoms with E-state index in [0.29, 0.717) is 17.7 Å². The summed E-state index contributed by atoms with van der Waals surface area (Å²) in [5.74, 6) is -0.969. The molecule has 1 heterocycles. The highest BCUT2D eigenvalue weighted by molar-refractivity contribution is 5.98. The highest BCUT2D eigenvalue weighted by Gasteiger charge is 2.15. The van der Waals surface area contributed by atoms with E-state index in [0.717, 1.165) is 10.9 Å². The molecule has 4 heteroatoms. The van der Waals surface area contributed by atoms with Crippen LogP contribution in [0.25, 0.3) is 10.9 Å². The van der Waals surface area contributed by atoms with Gasteiger partial charge in [-0.15, -0.1) is 0 Å². The van der Waals surface area contributed by atoms with Gasteiger partial charge in [0.05, 0.1) is 0 Å². The second-order valence-electron chi connectivity index (χ2n) is 3.34. The summed E-state index contributed by atoms with van der Waals surface area (Å²) < 4.78 is 0. The van der Waals surface area contributed by atoms with Crippen molar-refractivity contribution in [2.75, 3.05) is 5.73 Å². The van der Waals surface area contributed by atoms with Gasteiger partial charge >= 0.3 is 5.97 Å². The number of nitrogen functional groups attached to an aromatic ring is 1. The molecule has 2 aromatic rings. The lowest BCUT2D eigenvalue weighted by Crippen LogP contribution is -2.00. The van der Waals surface area contributed by atoms with E-state index in [4.69, 9.17) is 10.8 Å². The summed E-state index contributed by atoms with van der Waals surface area (Å²) in [5, 5.41) is 9.81. The zero-order valence-corrected chi connectivity index (χ0v) is 8.08. The van der Waals surface area contributed by atoms with E-state index in [2.05, 4.69) is 11.9 Å². The molecule has 1 aromatic heterocycles. The molecular formula is C11H11N2O2. The molecule has 0 saturated carbocycles. The van der Waals surface area contributed by atoms with Gasteiger partial charge in [0.2, 0.25) is 0 Å². The second-order valence-corrected chi connectivity index (χ2v) is 3.34. The van der Waals surface area contributed by atoms with Gasteiger partial charge in [-0.05, 0) is 37.1 Å². The Labute approximate surface area is 86.7 Å². The average molecular weight is 203 g/mol. The standard InChI is InChI=1S/C11H11N2O2/c1-2-7-8-5-6(12)3-4-9(8)13-10(7)11(14)15/h3-5,13H,1-2,12H2,(H,14,15). The zero-order chi connectivity index (χ0) is 11.0. The van der Waals surface area contributed by atoms with Crippen LogP contribution in [-0.2, 0) is 6.42 Å². The molecule has 0 aliphatic rings. The van der Waals surface area contributed by atoms with Crippen molar-refractivity contribution in [2.45, 2.75) is 6.42 Å². The fraction of sp³-hybridized carbons (Fsp3) is 0.0909. The highest BCUT2D eigenvalue weighted by atomic mass is 16.4. The van der Waals surface area contributed by atoms with E-state index in [1.165, 1.54) is 0 Å². The molecule has 1 aromatic carbocycles. The number of carboxylic acid groups (broad SMARTS) is 1. The Morgan fingerprint density at radius 1 is 1.53 bits per heavy atom. The first-order valence-electron chi connectivity index (χ1n) is 4.56. The number of nitrogens with one attached hydrogen (secondary N) is 1. The Morgan fingerprint density at radius 3 is 2.87 bits per heavy atom. The lowest BCUT2D eigenvalue weighted by atomic mass is 10.1. The molecular weight excluding hydrogens is 192 g/mol. The number of carboxylic acids is 1. The number of benzene rings is 1. The molecule has 4 N–H and O–H groups in total. The number of aromatic nitrogens is 1. The van der Waals surface area contributed by atoms with Crippen molar-refractivity contribution < 1.29 is 9.90 Å². The van der Waals surface area contributed by atoms with E-state index >= 15 is 0 Å². The van der Waals surface area contributed by atoms with E-state index in [1.807, 2.05) is 0 Å². The van der Waals surface area contributed by atoms with Gasteiger partial charge in [0, 0.05) is 16.6 Å². The van der Waals surface area contributed by atoms with Gasteiger partial charge in [-0.1, -0.05) is 0 Å². The minimum Gasteiger partial charge on any atom is -0.477 e. The zero-order valence-electron chi connectivity index (χ0n) is 8.08. The number of fused-ring (bicyclic) bond motifs is 1. The molecule has 0 spiro atoms. The van der Waals surface area contributed by atoms with Gasteiger partial charge in [0.15, 0.2) is 0 Å². The number of aromatic amines is 1. The number of hydrogen-bond acceptors (Lipinski definition) is 2. The number of rotatable bonds is 2. The average Bonchev–Trinajstić information content (AvgIpc) is 2.55. The summed E-state index contributed by atoms with van der Waals surface area (Å²) >= 11 is 0. The second kappa shape index (κ2) is 3.31. The SMILES string of the molecule is [CH2]Cc1c(C(=O)O)[nH]c2ccc(N)cc12. The Bertz CT molecular complexity index is 529. The fourth-order valence-electron chi connectivity index (χ4n) is 1.71. The Kier molecular flexibility index (Phi) is 2.11.